The largest absolute Gasteiger partial charge is 0.457 e. The molecule has 21 heavy (non-hydrogen) atoms. The summed E-state index contributed by atoms with van der Waals surface area (Å²) in [4.78, 5) is 12.0. The molecule has 1 rings (SSSR count). The fourth-order valence-electron chi connectivity index (χ4n) is 2.45. The van der Waals surface area contributed by atoms with Gasteiger partial charge in [-0.25, -0.2) is 4.79 Å². The van der Waals surface area contributed by atoms with Gasteiger partial charge in [-0.15, -0.1) is 0 Å². The molecule has 0 N–H and O–H groups in total. The first-order valence-corrected chi connectivity index (χ1v) is 7.65. The van der Waals surface area contributed by atoms with E-state index in [1.807, 2.05) is 40.7 Å². The van der Waals surface area contributed by atoms with Gasteiger partial charge in [0.2, 0.25) is 0 Å². The second-order valence-electron chi connectivity index (χ2n) is 7.48. The van der Waals surface area contributed by atoms with Crippen LogP contribution in [0.4, 0.5) is 0 Å². The summed E-state index contributed by atoms with van der Waals surface area (Å²) in [6, 6.07) is 0. The molecule has 1 fully saturated rings. The van der Waals surface area contributed by atoms with Gasteiger partial charge in [0.15, 0.2) is 5.79 Å². The molecule has 1 heterocycles. The Balaban J connectivity index is 2.75. The van der Waals surface area contributed by atoms with E-state index in [1.165, 1.54) is 0 Å². The highest BCUT2D eigenvalue weighted by atomic mass is 16.7. The van der Waals surface area contributed by atoms with E-state index in [0.29, 0.717) is 12.2 Å². The number of esters is 1. The summed E-state index contributed by atoms with van der Waals surface area (Å²) in [6.45, 7) is 16.1. The Kier molecular flexibility index (Phi) is 5.62. The molecular formula is C17H30O4. The molecule has 4 nitrogen and oxygen atoms in total. The molecule has 122 valence electrons. The maximum absolute atomic E-state index is 12.0. The van der Waals surface area contributed by atoms with E-state index in [1.54, 1.807) is 6.92 Å². The summed E-state index contributed by atoms with van der Waals surface area (Å²) in [5, 5.41) is 0. The molecule has 4 heteroatoms. The third-order valence-electron chi connectivity index (χ3n) is 3.43. The Morgan fingerprint density at radius 3 is 2.48 bits per heavy atom. The van der Waals surface area contributed by atoms with Gasteiger partial charge in [-0.3, -0.25) is 0 Å². The van der Waals surface area contributed by atoms with Crippen molar-refractivity contribution in [3.05, 3.63) is 11.6 Å². The first kappa shape index (κ1) is 18.2. The Morgan fingerprint density at radius 1 is 1.38 bits per heavy atom. The van der Waals surface area contributed by atoms with Gasteiger partial charge >= 0.3 is 5.97 Å². The van der Waals surface area contributed by atoms with Crippen LogP contribution in [0.3, 0.4) is 0 Å². The molecule has 0 aliphatic carbocycles. The quantitative estimate of drug-likeness (QED) is 0.588. The molecule has 3 atom stereocenters. The molecule has 0 aromatic heterocycles. The Morgan fingerprint density at radius 2 is 1.95 bits per heavy atom. The zero-order valence-electron chi connectivity index (χ0n) is 14.6. The minimum Gasteiger partial charge on any atom is -0.457 e. The molecule has 0 unspecified atom stereocenters. The van der Waals surface area contributed by atoms with Crippen molar-refractivity contribution in [1.82, 2.24) is 0 Å². The van der Waals surface area contributed by atoms with Crippen molar-refractivity contribution in [3.63, 3.8) is 0 Å². The Bertz CT molecular complexity index is 404. The lowest BCUT2D eigenvalue weighted by Crippen LogP contribution is -2.47. The van der Waals surface area contributed by atoms with Crippen molar-refractivity contribution in [2.45, 2.75) is 72.9 Å². The van der Waals surface area contributed by atoms with E-state index in [2.05, 4.69) is 13.8 Å². The summed E-state index contributed by atoms with van der Waals surface area (Å²) < 4.78 is 17.0. The number of rotatable bonds is 3. The van der Waals surface area contributed by atoms with Gasteiger partial charge in [-0.05, 0) is 41.5 Å². The number of carbonyl (C=O) groups excluding carboxylic acids is 1. The van der Waals surface area contributed by atoms with Crippen molar-refractivity contribution < 1.29 is 19.0 Å². The molecule has 0 aromatic rings. The van der Waals surface area contributed by atoms with Crippen LogP contribution in [0.2, 0.25) is 0 Å². The maximum atomic E-state index is 12.0. The van der Waals surface area contributed by atoms with Crippen LogP contribution in [-0.4, -0.2) is 30.1 Å². The van der Waals surface area contributed by atoms with Crippen molar-refractivity contribution in [3.8, 4) is 0 Å². The van der Waals surface area contributed by atoms with Gasteiger partial charge in [0.05, 0.1) is 12.7 Å². The predicted octanol–water partition coefficient (Wildman–Crippen LogP) is 3.70. The standard InChI is InChI=1S/C17H30O4/c1-11(9-12(2)15(18)21-16(4,5)6)14-13(3)10-19-17(7,8)20-14/h9,11,13-14H,10H2,1-8H3/b12-9+/t11-,13+,14-/m0/s1. The Hall–Kier alpha value is -0.870. The third kappa shape index (κ3) is 5.79. The van der Waals surface area contributed by atoms with E-state index < -0.39 is 11.4 Å². The summed E-state index contributed by atoms with van der Waals surface area (Å²) in [7, 11) is 0. The van der Waals surface area contributed by atoms with Crippen molar-refractivity contribution in [2.75, 3.05) is 6.61 Å². The molecule has 0 bridgehead atoms. The molecular weight excluding hydrogens is 268 g/mol. The number of hydrogen-bond donors (Lipinski definition) is 0. The van der Waals surface area contributed by atoms with Gasteiger partial charge in [-0.1, -0.05) is 19.9 Å². The van der Waals surface area contributed by atoms with Crippen LogP contribution in [0.15, 0.2) is 11.6 Å². The number of ether oxygens (including phenoxy) is 3. The second-order valence-corrected chi connectivity index (χ2v) is 7.48. The van der Waals surface area contributed by atoms with E-state index in [0.717, 1.165) is 0 Å². The van der Waals surface area contributed by atoms with Crippen LogP contribution in [0.1, 0.15) is 55.4 Å². The lowest BCUT2D eigenvalue weighted by atomic mass is 9.91. The van der Waals surface area contributed by atoms with Crippen LogP contribution in [-0.2, 0) is 19.0 Å². The molecule has 0 spiro atoms. The number of carbonyl (C=O) groups is 1. The predicted molar refractivity (Wildman–Crippen MR) is 82.8 cm³/mol. The molecule has 1 aliphatic rings. The molecule has 1 saturated heterocycles. The van der Waals surface area contributed by atoms with E-state index in [4.69, 9.17) is 14.2 Å². The fourth-order valence-corrected chi connectivity index (χ4v) is 2.45. The van der Waals surface area contributed by atoms with Crippen LogP contribution >= 0.6 is 0 Å². The van der Waals surface area contributed by atoms with Gasteiger partial charge in [-0.2, -0.15) is 0 Å². The normalized spacial score (nSPS) is 28.1. The second kappa shape index (κ2) is 6.49. The molecule has 0 saturated carbocycles. The highest BCUT2D eigenvalue weighted by molar-refractivity contribution is 5.88. The molecule has 0 amide bonds. The molecule has 1 aliphatic heterocycles. The van der Waals surface area contributed by atoms with Crippen LogP contribution in [0, 0.1) is 11.8 Å². The lowest BCUT2D eigenvalue weighted by Gasteiger charge is -2.42. The van der Waals surface area contributed by atoms with Crippen LogP contribution < -0.4 is 0 Å². The van der Waals surface area contributed by atoms with Gasteiger partial charge < -0.3 is 14.2 Å². The minimum absolute atomic E-state index is 0.0335. The Labute approximate surface area is 128 Å². The maximum Gasteiger partial charge on any atom is 0.333 e. The average molecular weight is 298 g/mol. The van der Waals surface area contributed by atoms with Crippen LogP contribution in [0.25, 0.3) is 0 Å². The zero-order valence-corrected chi connectivity index (χ0v) is 14.6. The molecule has 0 radical (unpaired) electrons. The summed E-state index contributed by atoms with van der Waals surface area (Å²) in [5.74, 6) is -0.432. The van der Waals surface area contributed by atoms with E-state index >= 15 is 0 Å². The van der Waals surface area contributed by atoms with Gasteiger partial charge in [0.1, 0.15) is 5.60 Å². The summed E-state index contributed by atoms with van der Waals surface area (Å²) in [6.07, 6.45) is 1.97. The van der Waals surface area contributed by atoms with Gasteiger partial charge in [0, 0.05) is 17.4 Å². The van der Waals surface area contributed by atoms with E-state index in [9.17, 15) is 4.79 Å². The zero-order chi connectivity index (χ0) is 16.4. The topological polar surface area (TPSA) is 44.8 Å². The summed E-state index contributed by atoms with van der Waals surface area (Å²) in [5.41, 5.74) is 0.150. The monoisotopic (exact) mass is 298 g/mol. The van der Waals surface area contributed by atoms with E-state index in [-0.39, 0.29) is 23.9 Å². The van der Waals surface area contributed by atoms with Crippen LogP contribution in [0.5, 0.6) is 0 Å². The first-order chi connectivity index (χ1) is 9.41. The van der Waals surface area contributed by atoms with Crippen molar-refractivity contribution in [2.24, 2.45) is 11.8 Å². The number of hydrogen-bond acceptors (Lipinski definition) is 4. The third-order valence-corrected chi connectivity index (χ3v) is 3.43. The lowest BCUT2D eigenvalue weighted by molar-refractivity contribution is -0.296. The fraction of sp³-hybridized carbons (Fsp3) is 0.824. The van der Waals surface area contributed by atoms with Gasteiger partial charge in [0.25, 0.3) is 0 Å². The smallest absolute Gasteiger partial charge is 0.333 e. The SMILES string of the molecule is C/C(=C\[C@H](C)[C@@H]1OC(C)(C)OC[C@H]1C)C(=O)OC(C)(C)C. The van der Waals surface area contributed by atoms with Crippen molar-refractivity contribution >= 4 is 5.97 Å². The highest BCUT2D eigenvalue weighted by Gasteiger charge is 2.36. The van der Waals surface area contributed by atoms with Crippen molar-refractivity contribution in [1.29, 1.82) is 0 Å². The minimum atomic E-state index is -0.570. The highest BCUT2D eigenvalue weighted by Crippen LogP contribution is 2.31. The average Bonchev–Trinajstić information content (AvgIpc) is 2.30. The molecule has 0 aromatic carbocycles. The first-order valence-electron chi connectivity index (χ1n) is 7.65. The summed E-state index contributed by atoms with van der Waals surface area (Å²) >= 11 is 0.